The van der Waals surface area contributed by atoms with Crippen molar-refractivity contribution in [1.29, 1.82) is 0 Å². The number of halogens is 1. The lowest BCUT2D eigenvalue weighted by molar-refractivity contribution is -0.384. The van der Waals surface area contributed by atoms with Crippen molar-refractivity contribution in [2.45, 2.75) is 13.2 Å². The van der Waals surface area contributed by atoms with E-state index in [0.717, 1.165) is 0 Å². The van der Waals surface area contributed by atoms with Gasteiger partial charge >= 0.3 is 0 Å². The molecule has 0 aliphatic carbocycles. The summed E-state index contributed by atoms with van der Waals surface area (Å²) in [7, 11) is 0. The van der Waals surface area contributed by atoms with E-state index in [4.69, 9.17) is 11.6 Å². The quantitative estimate of drug-likeness (QED) is 0.427. The zero-order valence-electron chi connectivity index (χ0n) is 12.3. The number of hydrogen-bond acceptors (Lipinski definition) is 6. The molecule has 1 aromatic heterocycles. The fourth-order valence-electron chi connectivity index (χ4n) is 2.52. The fourth-order valence-corrected chi connectivity index (χ4v) is 2.69. The SMILES string of the molecule is O=[N+]([O-])c1cccc(-c2nc(Cl)nc3cc(CO)c(CO)cc23)c1. The van der Waals surface area contributed by atoms with Crippen LogP contribution in [0, 0.1) is 10.1 Å². The van der Waals surface area contributed by atoms with Crippen molar-refractivity contribution in [1.82, 2.24) is 9.97 Å². The zero-order valence-corrected chi connectivity index (χ0v) is 13.1. The summed E-state index contributed by atoms with van der Waals surface area (Å²) >= 11 is 5.98. The Kier molecular flexibility index (Phi) is 4.39. The van der Waals surface area contributed by atoms with E-state index in [9.17, 15) is 20.3 Å². The third-order valence-corrected chi connectivity index (χ3v) is 3.83. The second kappa shape index (κ2) is 6.48. The maximum absolute atomic E-state index is 11.0. The number of nitro benzene ring substituents is 1. The molecule has 0 saturated carbocycles. The Morgan fingerprint density at radius 2 is 1.79 bits per heavy atom. The van der Waals surface area contributed by atoms with Crippen LogP contribution in [0.4, 0.5) is 5.69 Å². The lowest BCUT2D eigenvalue weighted by Gasteiger charge is -2.11. The van der Waals surface area contributed by atoms with E-state index < -0.39 is 4.92 Å². The molecule has 2 aromatic carbocycles. The molecular formula is C16H12ClN3O4. The molecule has 0 atom stereocenters. The molecule has 7 nitrogen and oxygen atoms in total. The smallest absolute Gasteiger partial charge is 0.270 e. The summed E-state index contributed by atoms with van der Waals surface area (Å²) in [6.45, 7) is -0.511. The predicted molar refractivity (Wildman–Crippen MR) is 88.5 cm³/mol. The average molecular weight is 346 g/mol. The van der Waals surface area contributed by atoms with Gasteiger partial charge in [0.2, 0.25) is 5.28 Å². The van der Waals surface area contributed by atoms with Crippen LogP contribution in [0.25, 0.3) is 22.2 Å². The Bertz CT molecular complexity index is 946. The van der Waals surface area contributed by atoms with Gasteiger partial charge in [-0.15, -0.1) is 0 Å². The van der Waals surface area contributed by atoms with E-state index in [2.05, 4.69) is 9.97 Å². The largest absolute Gasteiger partial charge is 0.392 e. The summed E-state index contributed by atoms with van der Waals surface area (Å²) in [6.07, 6.45) is 0. The molecule has 122 valence electrons. The van der Waals surface area contributed by atoms with Gasteiger partial charge in [-0.3, -0.25) is 10.1 Å². The molecule has 0 radical (unpaired) electrons. The molecule has 0 fully saturated rings. The van der Waals surface area contributed by atoms with Gasteiger partial charge in [0, 0.05) is 23.1 Å². The van der Waals surface area contributed by atoms with E-state index >= 15 is 0 Å². The van der Waals surface area contributed by atoms with Crippen LogP contribution in [0.1, 0.15) is 11.1 Å². The molecule has 1 heterocycles. The monoisotopic (exact) mass is 345 g/mol. The number of nitrogens with zero attached hydrogens (tertiary/aromatic N) is 3. The van der Waals surface area contributed by atoms with Crippen molar-refractivity contribution in [2.75, 3.05) is 0 Å². The Morgan fingerprint density at radius 1 is 1.08 bits per heavy atom. The third kappa shape index (κ3) is 2.92. The van der Waals surface area contributed by atoms with Crippen molar-refractivity contribution >= 4 is 28.2 Å². The van der Waals surface area contributed by atoms with E-state index in [1.54, 1.807) is 24.3 Å². The van der Waals surface area contributed by atoms with Gasteiger partial charge in [-0.25, -0.2) is 9.97 Å². The van der Waals surface area contributed by atoms with Crippen molar-refractivity contribution in [2.24, 2.45) is 0 Å². The van der Waals surface area contributed by atoms with Crippen molar-refractivity contribution in [3.8, 4) is 11.3 Å². The molecule has 3 aromatic rings. The van der Waals surface area contributed by atoms with Crippen molar-refractivity contribution in [3.05, 3.63) is 62.9 Å². The first kappa shape index (κ1) is 16.3. The first-order valence-electron chi connectivity index (χ1n) is 6.99. The summed E-state index contributed by atoms with van der Waals surface area (Å²) in [5.41, 5.74) is 2.42. The number of nitro groups is 1. The molecule has 0 aliphatic rings. The van der Waals surface area contributed by atoms with Crippen LogP contribution in [-0.2, 0) is 13.2 Å². The molecule has 0 aliphatic heterocycles. The number of aliphatic hydroxyl groups is 2. The Hall–Kier alpha value is -2.61. The van der Waals surface area contributed by atoms with Crippen LogP contribution in [-0.4, -0.2) is 25.1 Å². The first-order valence-corrected chi connectivity index (χ1v) is 7.37. The number of fused-ring (bicyclic) bond motifs is 1. The molecule has 0 unspecified atom stereocenters. The van der Waals surface area contributed by atoms with E-state index in [0.29, 0.717) is 33.3 Å². The Labute approximate surface area is 141 Å². The zero-order chi connectivity index (χ0) is 17.3. The minimum atomic E-state index is -0.489. The standard InChI is InChI=1S/C16H12ClN3O4/c17-16-18-14-6-11(8-22)10(7-21)5-13(14)15(19-16)9-2-1-3-12(4-9)20(23)24/h1-6,21-22H,7-8H2. The van der Waals surface area contributed by atoms with Gasteiger partial charge in [-0.2, -0.15) is 0 Å². The van der Waals surface area contributed by atoms with Gasteiger partial charge in [0.15, 0.2) is 0 Å². The topological polar surface area (TPSA) is 109 Å². The van der Waals surface area contributed by atoms with E-state index in [1.807, 2.05) is 0 Å². The summed E-state index contributed by atoms with van der Waals surface area (Å²) in [5, 5.41) is 30.4. The lowest BCUT2D eigenvalue weighted by atomic mass is 10.0. The minimum absolute atomic E-state index is 0.00959. The number of rotatable bonds is 4. The number of hydrogen-bond donors (Lipinski definition) is 2. The van der Waals surface area contributed by atoms with Gasteiger partial charge in [0.05, 0.1) is 29.3 Å². The summed E-state index contributed by atoms with van der Waals surface area (Å²) in [4.78, 5) is 18.8. The highest BCUT2D eigenvalue weighted by molar-refractivity contribution is 6.28. The van der Waals surface area contributed by atoms with Crippen LogP contribution in [0.15, 0.2) is 36.4 Å². The molecule has 8 heteroatoms. The van der Waals surface area contributed by atoms with Crippen LogP contribution in [0.5, 0.6) is 0 Å². The lowest BCUT2D eigenvalue weighted by Crippen LogP contribution is -1.98. The van der Waals surface area contributed by atoms with E-state index in [1.165, 1.54) is 12.1 Å². The van der Waals surface area contributed by atoms with Crippen molar-refractivity contribution in [3.63, 3.8) is 0 Å². The Morgan fingerprint density at radius 3 is 2.46 bits per heavy atom. The second-order valence-electron chi connectivity index (χ2n) is 5.10. The molecule has 0 amide bonds. The number of non-ortho nitro benzene ring substituents is 1. The molecule has 3 rings (SSSR count). The predicted octanol–water partition coefficient (Wildman–Crippen LogP) is 2.84. The maximum Gasteiger partial charge on any atom is 0.270 e. The molecule has 0 saturated heterocycles. The summed E-state index contributed by atoms with van der Waals surface area (Å²) in [6, 6.07) is 9.31. The van der Waals surface area contributed by atoms with Gasteiger partial charge in [0.1, 0.15) is 0 Å². The van der Waals surface area contributed by atoms with Crippen LogP contribution >= 0.6 is 11.6 Å². The molecular weight excluding hydrogens is 334 g/mol. The summed E-state index contributed by atoms with van der Waals surface area (Å²) < 4.78 is 0. The van der Waals surface area contributed by atoms with Gasteiger partial charge in [-0.1, -0.05) is 12.1 Å². The normalized spacial score (nSPS) is 11.0. The highest BCUT2D eigenvalue weighted by Crippen LogP contribution is 2.31. The molecule has 0 bridgehead atoms. The van der Waals surface area contributed by atoms with Gasteiger partial charge < -0.3 is 10.2 Å². The highest BCUT2D eigenvalue weighted by atomic mass is 35.5. The van der Waals surface area contributed by atoms with Gasteiger partial charge in [-0.05, 0) is 34.9 Å². The van der Waals surface area contributed by atoms with E-state index in [-0.39, 0.29) is 24.2 Å². The second-order valence-corrected chi connectivity index (χ2v) is 5.44. The number of aromatic nitrogens is 2. The van der Waals surface area contributed by atoms with Crippen LogP contribution in [0.3, 0.4) is 0 Å². The molecule has 2 N–H and O–H groups in total. The van der Waals surface area contributed by atoms with Gasteiger partial charge in [0.25, 0.3) is 5.69 Å². The first-order chi connectivity index (χ1) is 11.5. The summed E-state index contributed by atoms with van der Waals surface area (Å²) in [5.74, 6) is 0. The number of aliphatic hydroxyl groups excluding tert-OH is 2. The van der Waals surface area contributed by atoms with Crippen LogP contribution in [0.2, 0.25) is 5.28 Å². The highest BCUT2D eigenvalue weighted by Gasteiger charge is 2.15. The average Bonchev–Trinajstić information content (AvgIpc) is 2.59. The fraction of sp³-hybridized carbons (Fsp3) is 0.125. The van der Waals surface area contributed by atoms with Crippen LogP contribution < -0.4 is 0 Å². The maximum atomic E-state index is 11.0. The number of benzene rings is 2. The van der Waals surface area contributed by atoms with Crippen molar-refractivity contribution < 1.29 is 15.1 Å². The molecule has 24 heavy (non-hydrogen) atoms. The third-order valence-electron chi connectivity index (χ3n) is 3.66. The molecule has 0 spiro atoms. The minimum Gasteiger partial charge on any atom is -0.392 e. The Balaban J connectivity index is 2.31.